The van der Waals surface area contributed by atoms with Gasteiger partial charge in [-0.05, 0) is 44.4 Å². The summed E-state index contributed by atoms with van der Waals surface area (Å²) in [6.07, 6.45) is 2.34. The van der Waals surface area contributed by atoms with E-state index in [0.717, 1.165) is 19.3 Å². The second kappa shape index (κ2) is 6.82. The molecule has 8 atom stereocenters. The fourth-order valence-corrected chi connectivity index (χ4v) is 4.99. The molecule has 1 aliphatic carbocycles. The summed E-state index contributed by atoms with van der Waals surface area (Å²) in [5.74, 6) is -0.833. The molecule has 3 fully saturated rings. The zero-order chi connectivity index (χ0) is 17.5. The summed E-state index contributed by atoms with van der Waals surface area (Å²) in [5.41, 5.74) is -1.09. The number of hydrogen-bond acceptors (Lipinski definition) is 6. The Kier molecular flexibility index (Phi) is 5.27. The van der Waals surface area contributed by atoms with Crippen molar-refractivity contribution in [1.82, 2.24) is 0 Å². The first-order chi connectivity index (χ1) is 11.3. The molecule has 3 rings (SSSR count). The molecular formula is C18H32O6. The minimum atomic E-state index is -1.31. The molecule has 3 unspecified atom stereocenters. The average molecular weight is 344 g/mol. The number of ether oxygens (including phenoxy) is 3. The van der Waals surface area contributed by atoms with Crippen molar-refractivity contribution in [2.45, 2.75) is 76.8 Å². The molecule has 0 aromatic heterocycles. The smallest absolute Gasteiger partial charge is 0.193 e. The fourth-order valence-electron chi connectivity index (χ4n) is 4.99. The normalized spacial score (nSPS) is 51.8. The highest BCUT2D eigenvalue weighted by molar-refractivity contribution is 5.06. The molecule has 1 saturated carbocycles. The molecule has 0 amide bonds. The standard InChI is InChI=1S/C18H32O6/c1-11-5-6-14-12(2)15(22-10-4-9-19)23-16-18(14,21)13(11)7-8-17(3,20)24-16/h11-16,19-21H,4-10H2,1-3H3/t11-,12-,13?,14?,15?,16-,17-,18-/m1/s1. The largest absolute Gasteiger partial charge is 0.396 e. The van der Waals surface area contributed by atoms with E-state index in [4.69, 9.17) is 19.3 Å². The molecule has 0 aromatic rings. The Hall–Kier alpha value is -0.240. The Bertz CT molecular complexity index is 441. The second-order valence-corrected chi connectivity index (χ2v) is 8.13. The van der Waals surface area contributed by atoms with Crippen LogP contribution < -0.4 is 0 Å². The van der Waals surface area contributed by atoms with Crippen LogP contribution in [-0.2, 0) is 14.2 Å². The van der Waals surface area contributed by atoms with Gasteiger partial charge in [0.2, 0.25) is 0 Å². The van der Waals surface area contributed by atoms with Crippen LogP contribution in [0, 0.1) is 23.7 Å². The van der Waals surface area contributed by atoms with Crippen LogP contribution in [0.2, 0.25) is 0 Å². The molecule has 0 aromatic carbocycles. The Morgan fingerprint density at radius 3 is 2.58 bits per heavy atom. The SMILES string of the molecule is C[C@H]1C(OCCCO)O[C@@H]2O[C@@](C)(O)CCC3[C@H](C)CCC1[C@]32O. The Labute approximate surface area is 144 Å². The molecule has 0 radical (unpaired) electrons. The van der Waals surface area contributed by atoms with Gasteiger partial charge in [0.05, 0.1) is 6.61 Å². The third-order valence-corrected chi connectivity index (χ3v) is 6.37. The molecule has 0 spiro atoms. The van der Waals surface area contributed by atoms with Gasteiger partial charge in [-0.15, -0.1) is 0 Å². The maximum absolute atomic E-state index is 11.7. The summed E-state index contributed by atoms with van der Waals surface area (Å²) in [4.78, 5) is 0. The Morgan fingerprint density at radius 1 is 1.12 bits per heavy atom. The Balaban J connectivity index is 1.88. The van der Waals surface area contributed by atoms with Crippen molar-refractivity contribution in [3.8, 4) is 0 Å². The molecule has 3 aliphatic rings. The Morgan fingerprint density at radius 2 is 1.88 bits per heavy atom. The van der Waals surface area contributed by atoms with Crippen molar-refractivity contribution in [1.29, 1.82) is 0 Å². The van der Waals surface area contributed by atoms with Gasteiger partial charge in [0.15, 0.2) is 18.4 Å². The molecule has 140 valence electrons. The van der Waals surface area contributed by atoms with E-state index in [1.807, 2.05) is 0 Å². The highest BCUT2D eigenvalue weighted by Gasteiger charge is 2.63. The zero-order valence-electron chi connectivity index (χ0n) is 15.0. The average Bonchev–Trinajstić information content (AvgIpc) is 2.61. The molecule has 2 aliphatic heterocycles. The predicted molar refractivity (Wildman–Crippen MR) is 86.8 cm³/mol. The van der Waals surface area contributed by atoms with Gasteiger partial charge >= 0.3 is 0 Å². The predicted octanol–water partition coefficient (Wildman–Crippen LogP) is 1.62. The van der Waals surface area contributed by atoms with Crippen molar-refractivity contribution in [3.63, 3.8) is 0 Å². The summed E-state index contributed by atoms with van der Waals surface area (Å²) in [5, 5.41) is 31.1. The minimum absolute atomic E-state index is 0.0190. The monoisotopic (exact) mass is 344 g/mol. The molecule has 6 heteroatoms. The van der Waals surface area contributed by atoms with Crippen LogP contribution in [0.4, 0.5) is 0 Å². The zero-order valence-corrected chi connectivity index (χ0v) is 15.0. The first-order valence-electron chi connectivity index (χ1n) is 9.30. The molecular weight excluding hydrogens is 312 g/mol. The van der Waals surface area contributed by atoms with Gasteiger partial charge in [0.25, 0.3) is 0 Å². The number of aliphatic hydroxyl groups excluding tert-OH is 1. The van der Waals surface area contributed by atoms with Crippen molar-refractivity contribution < 1.29 is 29.5 Å². The van der Waals surface area contributed by atoms with Crippen LogP contribution in [0.25, 0.3) is 0 Å². The van der Waals surface area contributed by atoms with E-state index in [1.165, 1.54) is 0 Å². The highest BCUT2D eigenvalue weighted by atomic mass is 16.8. The second-order valence-electron chi connectivity index (χ2n) is 8.13. The third-order valence-electron chi connectivity index (χ3n) is 6.37. The van der Waals surface area contributed by atoms with Crippen molar-refractivity contribution in [3.05, 3.63) is 0 Å². The third kappa shape index (κ3) is 3.13. The lowest BCUT2D eigenvalue weighted by Crippen LogP contribution is -2.67. The van der Waals surface area contributed by atoms with Crippen molar-refractivity contribution >= 4 is 0 Å². The van der Waals surface area contributed by atoms with Gasteiger partial charge < -0.3 is 29.5 Å². The van der Waals surface area contributed by atoms with Crippen LogP contribution in [0.15, 0.2) is 0 Å². The maximum Gasteiger partial charge on any atom is 0.193 e. The molecule has 2 heterocycles. The number of aliphatic hydroxyl groups is 3. The summed E-state index contributed by atoms with van der Waals surface area (Å²) >= 11 is 0. The van der Waals surface area contributed by atoms with Crippen LogP contribution in [0.1, 0.15) is 52.9 Å². The fraction of sp³-hybridized carbons (Fsp3) is 1.00. The number of hydrogen-bond donors (Lipinski definition) is 3. The lowest BCUT2D eigenvalue weighted by Gasteiger charge is -2.57. The topological polar surface area (TPSA) is 88.4 Å². The first kappa shape index (κ1) is 18.5. The van der Waals surface area contributed by atoms with E-state index in [9.17, 15) is 10.2 Å². The van der Waals surface area contributed by atoms with Gasteiger partial charge in [0, 0.05) is 24.9 Å². The highest BCUT2D eigenvalue weighted by Crippen LogP contribution is 2.55. The number of rotatable bonds is 4. The van der Waals surface area contributed by atoms with Gasteiger partial charge in [-0.25, -0.2) is 0 Å². The quantitative estimate of drug-likeness (QED) is 0.672. The van der Waals surface area contributed by atoms with E-state index in [2.05, 4.69) is 13.8 Å². The summed E-state index contributed by atoms with van der Waals surface area (Å²) in [6, 6.07) is 0. The minimum Gasteiger partial charge on any atom is -0.396 e. The molecule has 2 saturated heterocycles. The van der Waals surface area contributed by atoms with Crippen molar-refractivity contribution in [2.75, 3.05) is 13.2 Å². The summed E-state index contributed by atoms with van der Waals surface area (Å²) < 4.78 is 17.6. The van der Waals surface area contributed by atoms with Crippen LogP contribution in [-0.4, -0.2) is 52.5 Å². The lowest BCUT2D eigenvalue weighted by molar-refractivity contribution is -0.408. The molecule has 3 N–H and O–H groups in total. The van der Waals surface area contributed by atoms with Gasteiger partial charge in [-0.2, -0.15) is 0 Å². The molecule has 6 nitrogen and oxygen atoms in total. The van der Waals surface area contributed by atoms with E-state index < -0.39 is 24.0 Å². The first-order valence-corrected chi connectivity index (χ1v) is 9.30. The van der Waals surface area contributed by atoms with Gasteiger partial charge in [0.1, 0.15) is 5.60 Å². The van der Waals surface area contributed by atoms with E-state index in [-0.39, 0.29) is 24.4 Å². The van der Waals surface area contributed by atoms with Crippen LogP contribution in [0.3, 0.4) is 0 Å². The summed E-state index contributed by atoms with van der Waals surface area (Å²) in [7, 11) is 0. The van der Waals surface area contributed by atoms with Gasteiger partial charge in [-0.3, -0.25) is 0 Å². The van der Waals surface area contributed by atoms with E-state index in [0.29, 0.717) is 25.4 Å². The molecule has 24 heavy (non-hydrogen) atoms. The van der Waals surface area contributed by atoms with Crippen LogP contribution >= 0.6 is 0 Å². The van der Waals surface area contributed by atoms with Crippen molar-refractivity contribution in [2.24, 2.45) is 23.7 Å². The lowest BCUT2D eigenvalue weighted by atomic mass is 9.58. The van der Waals surface area contributed by atoms with E-state index >= 15 is 0 Å². The summed E-state index contributed by atoms with van der Waals surface area (Å²) in [6.45, 7) is 6.34. The van der Waals surface area contributed by atoms with Gasteiger partial charge in [-0.1, -0.05) is 13.8 Å². The maximum atomic E-state index is 11.7. The van der Waals surface area contributed by atoms with Crippen LogP contribution in [0.5, 0.6) is 0 Å². The molecule has 0 bridgehead atoms. The van der Waals surface area contributed by atoms with E-state index in [1.54, 1.807) is 6.92 Å².